The molecule has 0 fully saturated rings. The summed E-state index contributed by atoms with van der Waals surface area (Å²) in [7, 11) is 5.27. The van der Waals surface area contributed by atoms with Crippen molar-refractivity contribution in [3.05, 3.63) is 35.9 Å². The lowest BCUT2D eigenvalue weighted by molar-refractivity contribution is -0.141. The number of carbonyl (C=O) groups excluding carboxylic acids is 3. The van der Waals surface area contributed by atoms with Crippen LogP contribution in [-0.2, 0) is 19.1 Å². The summed E-state index contributed by atoms with van der Waals surface area (Å²) < 4.78 is 15.1. The lowest BCUT2D eigenvalue weighted by Crippen LogP contribution is -2.29. The number of esters is 1. The number of carbonyl (C=O) groups is 3. The van der Waals surface area contributed by atoms with E-state index in [-0.39, 0.29) is 12.2 Å². The third-order valence-electron chi connectivity index (χ3n) is 3.19. The second-order valence-corrected chi connectivity index (χ2v) is 4.90. The van der Waals surface area contributed by atoms with Crippen molar-refractivity contribution in [2.75, 3.05) is 28.4 Å². The number of hydrogen-bond acceptors (Lipinski definition) is 7. The Bertz CT molecular complexity index is 640. The van der Waals surface area contributed by atoms with Crippen LogP contribution in [-0.4, -0.2) is 51.2 Å². The second kappa shape index (κ2) is 12.5. The monoisotopic (exact) mass is 367 g/mol. The number of benzene rings is 1. The maximum atomic E-state index is 11.9. The van der Waals surface area contributed by atoms with E-state index >= 15 is 0 Å². The molecular formula is C18H25NO7. The average Bonchev–Trinajstić information content (AvgIpc) is 2.66. The fraction of sp³-hybridized carbons (Fsp3) is 0.389. The summed E-state index contributed by atoms with van der Waals surface area (Å²) in [5.41, 5.74) is 0.641. The van der Waals surface area contributed by atoms with Gasteiger partial charge in [0, 0.05) is 13.2 Å². The minimum Gasteiger partial charge on any atom is -0.493 e. The molecule has 1 atom stereocenters. The molecule has 1 rings (SSSR count). The van der Waals surface area contributed by atoms with Gasteiger partial charge >= 0.3 is 5.97 Å². The molecule has 1 amide bonds. The van der Waals surface area contributed by atoms with Crippen LogP contribution < -0.4 is 14.8 Å². The highest BCUT2D eigenvalue weighted by Gasteiger charge is 2.20. The molecule has 0 aromatic heterocycles. The van der Waals surface area contributed by atoms with Crippen LogP contribution in [0.2, 0.25) is 0 Å². The van der Waals surface area contributed by atoms with E-state index in [0.29, 0.717) is 17.1 Å². The Morgan fingerprint density at radius 2 is 1.69 bits per heavy atom. The Morgan fingerprint density at radius 1 is 1.08 bits per heavy atom. The van der Waals surface area contributed by atoms with Crippen LogP contribution in [0.3, 0.4) is 0 Å². The topological polar surface area (TPSA) is 111 Å². The molecule has 0 heterocycles. The summed E-state index contributed by atoms with van der Waals surface area (Å²) in [6, 6.07) is 4.42. The normalized spacial score (nSPS) is 11.0. The van der Waals surface area contributed by atoms with Gasteiger partial charge in [-0.2, -0.15) is 0 Å². The molecule has 2 N–H and O–H groups in total. The number of ether oxygens (including phenoxy) is 3. The Hall–Kier alpha value is -2.87. The first kappa shape index (κ1) is 23.1. The standard InChI is InChI=1S/C17H21NO6.CH4O/c1-11(19)5-8-16(20)18-13(10-17(21)24-4)12-6-7-14(22-2)15(9-12)23-3;1-2/h5-9,13H,10H2,1-4H3,(H,18,20);2H,1H3/b8-5+;. The molecule has 8 heteroatoms. The zero-order chi connectivity index (χ0) is 20.1. The van der Waals surface area contributed by atoms with Gasteiger partial charge in [0.05, 0.1) is 33.8 Å². The van der Waals surface area contributed by atoms with E-state index in [1.807, 2.05) is 0 Å². The van der Waals surface area contributed by atoms with Crippen molar-refractivity contribution in [3.8, 4) is 11.5 Å². The highest BCUT2D eigenvalue weighted by Crippen LogP contribution is 2.31. The lowest BCUT2D eigenvalue weighted by atomic mass is 10.0. The van der Waals surface area contributed by atoms with Gasteiger partial charge < -0.3 is 24.6 Å². The van der Waals surface area contributed by atoms with Crippen LogP contribution in [0.1, 0.15) is 24.9 Å². The first-order valence-electron chi connectivity index (χ1n) is 7.63. The molecule has 0 aliphatic carbocycles. The fourth-order valence-electron chi connectivity index (χ4n) is 1.98. The average molecular weight is 367 g/mol. The van der Waals surface area contributed by atoms with Gasteiger partial charge in [-0.1, -0.05) is 6.07 Å². The molecule has 0 aliphatic heterocycles. The van der Waals surface area contributed by atoms with Gasteiger partial charge in [0.2, 0.25) is 5.91 Å². The molecule has 1 aromatic rings. The molecule has 0 aliphatic rings. The lowest BCUT2D eigenvalue weighted by Gasteiger charge is -2.19. The number of methoxy groups -OCH3 is 3. The Labute approximate surface area is 152 Å². The summed E-state index contributed by atoms with van der Waals surface area (Å²) in [6.07, 6.45) is 2.21. The highest BCUT2D eigenvalue weighted by molar-refractivity contribution is 5.96. The second-order valence-electron chi connectivity index (χ2n) is 4.90. The van der Waals surface area contributed by atoms with Crippen molar-refractivity contribution in [1.82, 2.24) is 5.32 Å². The minimum atomic E-state index is -0.638. The maximum Gasteiger partial charge on any atom is 0.307 e. The number of aliphatic hydroxyl groups excluding tert-OH is 1. The summed E-state index contributed by atoms with van der Waals surface area (Å²) in [5, 5.41) is 9.67. The van der Waals surface area contributed by atoms with Gasteiger partial charge in [-0.15, -0.1) is 0 Å². The zero-order valence-corrected chi connectivity index (χ0v) is 15.6. The van der Waals surface area contributed by atoms with Crippen molar-refractivity contribution in [2.24, 2.45) is 0 Å². The molecule has 0 spiro atoms. The number of aliphatic hydroxyl groups is 1. The van der Waals surface area contributed by atoms with Crippen LogP contribution in [0, 0.1) is 0 Å². The van der Waals surface area contributed by atoms with Gasteiger partial charge in [-0.3, -0.25) is 14.4 Å². The first-order valence-corrected chi connectivity index (χ1v) is 7.63. The Balaban J connectivity index is 0.00000301. The number of rotatable bonds is 8. The van der Waals surface area contributed by atoms with Crippen molar-refractivity contribution < 1.29 is 33.7 Å². The minimum absolute atomic E-state index is 0.0639. The van der Waals surface area contributed by atoms with Gasteiger partial charge in [-0.25, -0.2) is 0 Å². The van der Waals surface area contributed by atoms with Crippen LogP contribution in [0.5, 0.6) is 11.5 Å². The van der Waals surface area contributed by atoms with E-state index in [2.05, 4.69) is 10.1 Å². The van der Waals surface area contributed by atoms with Crippen molar-refractivity contribution in [1.29, 1.82) is 0 Å². The highest BCUT2D eigenvalue weighted by atomic mass is 16.5. The molecule has 144 valence electrons. The van der Waals surface area contributed by atoms with E-state index in [1.54, 1.807) is 18.2 Å². The Kier molecular flexibility index (Phi) is 11.1. The SMILES string of the molecule is CO.COC(=O)CC(NC(=O)/C=C/C(C)=O)c1ccc(OC)c(OC)c1. The quantitative estimate of drug-likeness (QED) is 0.524. The molecule has 0 radical (unpaired) electrons. The smallest absolute Gasteiger partial charge is 0.307 e. The third kappa shape index (κ3) is 7.80. The molecule has 1 aromatic carbocycles. The zero-order valence-electron chi connectivity index (χ0n) is 15.6. The van der Waals surface area contributed by atoms with Crippen LogP contribution >= 0.6 is 0 Å². The van der Waals surface area contributed by atoms with Crippen LogP contribution in [0.25, 0.3) is 0 Å². The van der Waals surface area contributed by atoms with Gasteiger partial charge in [0.25, 0.3) is 0 Å². The molecule has 0 bridgehead atoms. The van der Waals surface area contributed by atoms with Crippen molar-refractivity contribution in [3.63, 3.8) is 0 Å². The molecule has 8 nitrogen and oxygen atoms in total. The van der Waals surface area contributed by atoms with Crippen LogP contribution in [0.15, 0.2) is 30.4 Å². The van der Waals surface area contributed by atoms with Crippen molar-refractivity contribution in [2.45, 2.75) is 19.4 Å². The van der Waals surface area contributed by atoms with Gasteiger partial charge in [0.1, 0.15) is 0 Å². The number of allylic oxidation sites excluding steroid dienone is 1. The number of hydrogen-bond donors (Lipinski definition) is 2. The van der Waals surface area contributed by atoms with Gasteiger partial charge in [-0.05, 0) is 30.7 Å². The number of ketones is 1. The van der Waals surface area contributed by atoms with E-state index in [4.69, 9.17) is 14.6 Å². The largest absolute Gasteiger partial charge is 0.493 e. The molecule has 0 saturated carbocycles. The summed E-state index contributed by atoms with van der Waals surface area (Å²) in [5.74, 6) is -0.223. The fourth-order valence-corrected chi connectivity index (χ4v) is 1.98. The predicted octanol–water partition coefficient (Wildman–Crippen LogP) is 1.18. The van der Waals surface area contributed by atoms with E-state index in [1.165, 1.54) is 28.3 Å². The summed E-state index contributed by atoms with van der Waals surface area (Å²) in [6.45, 7) is 1.34. The van der Waals surface area contributed by atoms with E-state index < -0.39 is 17.9 Å². The first-order chi connectivity index (χ1) is 12.4. The molecule has 1 unspecified atom stereocenters. The van der Waals surface area contributed by atoms with Crippen LogP contribution in [0.4, 0.5) is 0 Å². The Morgan fingerprint density at radius 3 is 2.19 bits per heavy atom. The van der Waals surface area contributed by atoms with Gasteiger partial charge in [0.15, 0.2) is 17.3 Å². The van der Waals surface area contributed by atoms with Crippen molar-refractivity contribution >= 4 is 17.7 Å². The maximum absolute atomic E-state index is 11.9. The number of nitrogens with one attached hydrogen (secondary N) is 1. The summed E-state index contributed by atoms with van der Waals surface area (Å²) >= 11 is 0. The van der Waals surface area contributed by atoms with E-state index in [9.17, 15) is 14.4 Å². The van der Waals surface area contributed by atoms with E-state index in [0.717, 1.165) is 19.3 Å². The predicted molar refractivity (Wildman–Crippen MR) is 95.0 cm³/mol. The summed E-state index contributed by atoms with van der Waals surface area (Å²) in [4.78, 5) is 34.5. The third-order valence-corrected chi connectivity index (χ3v) is 3.19. The molecule has 26 heavy (non-hydrogen) atoms. The molecular weight excluding hydrogens is 342 g/mol. The molecule has 0 saturated heterocycles. The number of amides is 1.